The molecule has 0 aliphatic carbocycles. The third-order valence-electron chi connectivity index (χ3n) is 5.92. The number of fused-ring (bicyclic) bond motifs is 1. The van der Waals surface area contributed by atoms with Crippen LogP contribution >= 0.6 is 0 Å². The molecule has 0 saturated heterocycles. The van der Waals surface area contributed by atoms with Gasteiger partial charge < -0.3 is 9.30 Å². The standard InChI is InChI=1S/C27H29N3O4S/c1-29-26-13-12-24(20-23(26)11-14-27(29)31)34-19-6-5-17-30(18-15-22-8-7-16-28-21-22)35(32,33)25-9-3-2-4-10-25/h2-4,7-14,16,20-21H,5-6,15,17-19H2,1H3. The van der Waals surface area contributed by atoms with Gasteiger partial charge in [-0.1, -0.05) is 24.3 Å². The molecule has 0 N–H and O–H groups in total. The molecule has 0 unspecified atom stereocenters. The van der Waals surface area contributed by atoms with Gasteiger partial charge in [-0.25, -0.2) is 8.42 Å². The molecular weight excluding hydrogens is 462 g/mol. The van der Waals surface area contributed by atoms with Gasteiger partial charge in [-0.3, -0.25) is 9.78 Å². The van der Waals surface area contributed by atoms with E-state index in [4.69, 9.17) is 4.74 Å². The molecule has 0 fully saturated rings. The predicted molar refractivity (Wildman–Crippen MR) is 137 cm³/mol. The van der Waals surface area contributed by atoms with Crippen LogP contribution in [0.1, 0.15) is 18.4 Å². The molecular formula is C27H29N3O4S. The van der Waals surface area contributed by atoms with E-state index in [1.165, 1.54) is 0 Å². The summed E-state index contributed by atoms with van der Waals surface area (Å²) in [6.07, 6.45) is 5.44. The number of aryl methyl sites for hydroxylation is 1. The lowest BCUT2D eigenvalue weighted by molar-refractivity contribution is 0.297. The zero-order chi connectivity index (χ0) is 24.7. The van der Waals surface area contributed by atoms with Crippen molar-refractivity contribution in [3.05, 3.63) is 101 Å². The van der Waals surface area contributed by atoms with Crippen LogP contribution in [-0.2, 0) is 23.5 Å². The second kappa shape index (κ2) is 11.3. The number of aromatic nitrogens is 2. The minimum absolute atomic E-state index is 0.0512. The smallest absolute Gasteiger partial charge is 0.250 e. The van der Waals surface area contributed by atoms with Crippen molar-refractivity contribution in [2.45, 2.75) is 24.2 Å². The molecule has 4 rings (SSSR count). The van der Waals surface area contributed by atoms with Crippen molar-refractivity contribution in [1.82, 2.24) is 13.9 Å². The lowest BCUT2D eigenvalue weighted by Crippen LogP contribution is -2.34. The molecule has 0 bridgehead atoms. The van der Waals surface area contributed by atoms with Gasteiger partial charge in [0.2, 0.25) is 10.0 Å². The largest absolute Gasteiger partial charge is 0.494 e. The van der Waals surface area contributed by atoms with E-state index in [-0.39, 0.29) is 5.56 Å². The molecule has 0 amide bonds. The summed E-state index contributed by atoms with van der Waals surface area (Å²) in [6.45, 7) is 1.26. The highest BCUT2D eigenvalue weighted by Crippen LogP contribution is 2.20. The monoisotopic (exact) mass is 491 g/mol. The molecule has 2 aromatic carbocycles. The van der Waals surface area contributed by atoms with E-state index in [1.54, 1.807) is 64.7 Å². The van der Waals surface area contributed by atoms with Gasteiger partial charge in [-0.05, 0) is 67.3 Å². The third-order valence-corrected chi connectivity index (χ3v) is 7.83. The highest BCUT2D eigenvalue weighted by atomic mass is 32.2. The summed E-state index contributed by atoms with van der Waals surface area (Å²) in [5.41, 5.74) is 1.79. The maximum atomic E-state index is 13.3. The molecule has 2 aromatic heterocycles. The van der Waals surface area contributed by atoms with E-state index < -0.39 is 10.0 Å². The Bertz CT molecular complexity index is 1420. The van der Waals surface area contributed by atoms with E-state index in [1.807, 2.05) is 36.4 Å². The number of rotatable bonds is 11. The van der Waals surface area contributed by atoms with Gasteiger partial charge >= 0.3 is 0 Å². The first-order chi connectivity index (χ1) is 16.9. The number of pyridine rings is 2. The topological polar surface area (TPSA) is 81.5 Å². The fraction of sp³-hybridized carbons (Fsp3) is 0.259. The second-order valence-corrected chi connectivity index (χ2v) is 10.3. The summed E-state index contributed by atoms with van der Waals surface area (Å²) in [5.74, 6) is 0.724. The Hall–Kier alpha value is -3.49. The van der Waals surface area contributed by atoms with Crippen LogP contribution in [0.25, 0.3) is 10.9 Å². The van der Waals surface area contributed by atoms with Crippen LogP contribution in [0, 0.1) is 0 Å². The molecule has 0 radical (unpaired) electrons. The van der Waals surface area contributed by atoms with Crippen LogP contribution in [-0.4, -0.2) is 42.0 Å². The van der Waals surface area contributed by atoms with Crippen LogP contribution in [0.4, 0.5) is 0 Å². The third kappa shape index (κ3) is 6.15. The average molecular weight is 492 g/mol. The molecule has 182 valence electrons. The molecule has 0 atom stereocenters. The number of unbranched alkanes of at least 4 members (excludes halogenated alkanes) is 1. The molecule has 35 heavy (non-hydrogen) atoms. The minimum Gasteiger partial charge on any atom is -0.494 e. The van der Waals surface area contributed by atoms with Gasteiger partial charge in [0.1, 0.15) is 5.75 Å². The van der Waals surface area contributed by atoms with Crippen molar-refractivity contribution < 1.29 is 13.2 Å². The first kappa shape index (κ1) is 24.6. The normalized spacial score (nSPS) is 11.7. The Morgan fingerprint density at radius 1 is 0.943 bits per heavy atom. The maximum Gasteiger partial charge on any atom is 0.250 e. The first-order valence-electron chi connectivity index (χ1n) is 11.6. The number of sulfonamides is 1. The van der Waals surface area contributed by atoms with Gasteiger partial charge in [0, 0.05) is 44.0 Å². The van der Waals surface area contributed by atoms with Crippen molar-refractivity contribution in [3.63, 3.8) is 0 Å². The van der Waals surface area contributed by atoms with Gasteiger partial charge in [0.05, 0.1) is 17.0 Å². The van der Waals surface area contributed by atoms with E-state index in [2.05, 4.69) is 4.98 Å². The van der Waals surface area contributed by atoms with Crippen LogP contribution in [0.2, 0.25) is 0 Å². The summed E-state index contributed by atoms with van der Waals surface area (Å²) < 4.78 is 35.6. The van der Waals surface area contributed by atoms with Crippen LogP contribution in [0.15, 0.2) is 94.9 Å². The van der Waals surface area contributed by atoms with Crippen molar-refractivity contribution in [2.75, 3.05) is 19.7 Å². The summed E-state index contributed by atoms with van der Waals surface area (Å²) in [5, 5.41) is 0.931. The maximum absolute atomic E-state index is 13.3. The molecule has 0 aliphatic rings. The summed E-state index contributed by atoms with van der Waals surface area (Å²) >= 11 is 0. The number of hydrogen-bond acceptors (Lipinski definition) is 5. The summed E-state index contributed by atoms with van der Waals surface area (Å²) in [4.78, 5) is 16.2. The van der Waals surface area contributed by atoms with Crippen LogP contribution < -0.4 is 10.3 Å². The van der Waals surface area contributed by atoms with E-state index in [9.17, 15) is 13.2 Å². The second-order valence-electron chi connectivity index (χ2n) is 8.34. The number of nitrogens with zero attached hydrogens (tertiary/aromatic N) is 3. The van der Waals surface area contributed by atoms with Gasteiger partial charge in [0.15, 0.2) is 0 Å². The van der Waals surface area contributed by atoms with Gasteiger partial charge in [0.25, 0.3) is 5.56 Å². The zero-order valence-electron chi connectivity index (χ0n) is 19.7. The Morgan fingerprint density at radius 3 is 2.54 bits per heavy atom. The Morgan fingerprint density at radius 2 is 1.77 bits per heavy atom. The summed E-state index contributed by atoms with van der Waals surface area (Å²) in [7, 11) is -1.85. The lowest BCUT2D eigenvalue weighted by atomic mass is 10.2. The SMILES string of the molecule is Cn1c(=O)ccc2cc(OCCCCN(CCc3cccnc3)S(=O)(=O)c3ccccc3)ccc21. The molecule has 0 aliphatic heterocycles. The van der Waals surface area contributed by atoms with Gasteiger partial charge in [-0.15, -0.1) is 0 Å². The van der Waals surface area contributed by atoms with Crippen molar-refractivity contribution in [3.8, 4) is 5.75 Å². The average Bonchev–Trinajstić information content (AvgIpc) is 2.89. The molecule has 4 aromatic rings. The van der Waals surface area contributed by atoms with Crippen LogP contribution in [0.5, 0.6) is 5.75 Å². The quantitative estimate of drug-likeness (QED) is 0.296. The first-order valence-corrected chi connectivity index (χ1v) is 13.1. The molecule has 0 spiro atoms. The molecule has 2 heterocycles. The number of benzene rings is 2. The molecule has 7 nitrogen and oxygen atoms in total. The predicted octanol–water partition coefficient (Wildman–Crippen LogP) is 4.03. The van der Waals surface area contributed by atoms with Crippen molar-refractivity contribution >= 4 is 20.9 Å². The fourth-order valence-electron chi connectivity index (χ4n) is 3.93. The Labute approximate surface area is 205 Å². The lowest BCUT2D eigenvalue weighted by Gasteiger charge is -2.22. The minimum atomic E-state index is -3.60. The van der Waals surface area contributed by atoms with Gasteiger partial charge in [-0.2, -0.15) is 4.31 Å². The van der Waals surface area contributed by atoms with Crippen molar-refractivity contribution in [1.29, 1.82) is 0 Å². The Kier molecular flexibility index (Phi) is 7.94. The highest BCUT2D eigenvalue weighted by Gasteiger charge is 2.23. The molecule has 8 heteroatoms. The zero-order valence-corrected chi connectivity index (χ0v) is 20.5. The highest BCUT2D eigenvalue weighted by molar-refractivity contribution is 7.89. The van der Waals surface area contributed by atoms with E-state index in [0.29, 0.717) is 43.9 Å². The molecule has 0 saturated carbocycles. The summed E-state index contributed by atoms with van der Waals surface area (Å²) in [6, 6.07) is 21.3. The van der Waals surface area contributed by atoms with E-state index in [0.717, 1.165) is 22.2 Å². The van der Waals surface area contributed by atoms with Crippen LogP contribution in [0.3, 0.4) is 0 Å². The van der Waals surface area contributed by atoms with E-state index >= 15 is 0 Å². The number of hydrogen-bond donors (Lipinski definition) is 0. The number of ether oxygens (including phenoxy) is 1. The van der Waals surface area contributed by atoms with Crippen molar-refractivity contribution in [2.24, 2.45) is 7.05 Å². The Balaban J connectivity index is 1.36. The fourth-order valence-corrected chi connectivity index (χ4v) is 5.43.